The highest BCUT2D eigenvalue weighted by atomic mass is 16.5. The third kappa shape index (κ3) is 3.42. The molecule has 110 valence electrons. The summed E-state index contributed by atoms with van der Waals surface area (Å²) in [6, 6.07) is 11.5. The van der Waals surface area contributed by atoms with Crippen molar-refractivity contribution in [3.8, 4) is 5.75 Å². The summed E-state index contributed by atoms with van der Waals surface area (Å²) in [6.45, 7) is 0.576. The zero-order valence-electron chi connectivity index (χ0n) is 12.0. The standard InChI is InChI=1S/C15H18N4O2/c1-19(12-6-3-7-13(9-12)21-2)10-11-5-4-8-17-14(11)15(16)18-20/h3-9,20H,10H2,1-2H3,(H2,16,18). The van der Waals surface area contributed by atoms with Gasteiger partial charge in [0.25, 0.3) is 0 Å². The van der Waals surface area contributed by atoms with Gasteiger partial charge < -0.3 is 20.6 Å². The number of nitrogens with zero attached hydrogens (tertiary/aromatic N) is 3. The molecule has 6 heteroatoms. The molecule has 0 amide bonds. The van der Waals surface area contributed by atoms with E-state index in [1.165, 1.54) is 0 Å². The van der Waals surface area contributed by atoms with Crippen LogP contribution in [-0.2, 0) is 6.54 Å². The Morgan fingerprint density at radius 1 is 1.38 bits per heavy atom. The Labute approximate surface area is 123 Å². The lowest BCUT2D eigenvalue weighted by Gasteiger charge is -2.21. The predicted molar refractivity (Wildman–Crippen MR) is 81.8 cm³/mol. The van der Waals surface area contributed by atoms with Crippen molar-refractivity contribution < 1.29 is 9.94 Å². The van der Waals surface area contributed by atoms with Crippen LogP contribution in [0, 0.1) is 0 Å². The van der Waals surface area contributed by atoms with Crippen molar-refractivity contribution in [1.29, 1.82) is 0 Å². The number of ether oxygens (including phenoxy) is 1. The highest BCUT2D eigenvalue weighted by molar-refractivity contribution is 5.96. The molecule has 0 fully saturated rings. The summed E-state index contributed by atoms with van der Waals surface area (Å²) < 4.78 is 5.22. The number of hydrogen-bond acceptors (Lipinski definition) is 5. The maximum absolute atomic E-state index is 8.82. The minimum absolute atomic E-state index is 0.00430. The van der Waals surface area contributed by atoms with Gasteiger partial charge in [-0.05, 0) is 18.2 Å². The minimum Gasteiger partial charge on any atom is -0.497 e. The molecule has 0 unspecified atom stereocenters. The molecule has 0 spiro atoms. The maximum atomic E-state index is 8.82. The molecule has 0 atom stereocenters. The third-order valence-electron chi connectivity index (χ3n) is 3.14. The van der Waals surface area contributed by atoms with Gasteiger partial charge >= 0.3 is 0 Å². The van der Waals surface area contributed by atoms with Crippen molar-refractivity contribution in [2.75, 3.05) is 19.1 Å². The Kier molecular flexibility index (Phi) is 4.61. The first-order valence-corrected chi connectivity index (χ1v) is 6.42. The molecule has 0 aliphatic carbocycles. The summed E-state index contributed by atoms with van der Waals surface area (Å²) in [5.74, 6) is 0.798. The van der Waals surface area contributed by atoms with E-state index in [2.05, 4.69) is 10.1 Å². The fourth-order valence-electron chi connectivity index (χ4n) is 2.04. The number of amidine groups is 1. The zero-order chi connectivity index (χ0) is 15.2. The van der Waals surface area contributed by atoms with Crippen LogP contribution in [0.2, 0.25) is 0 Å². The van der Waals surface area contributed by atoms with E-state index in [0.717, 1.165) is 17.0 Å². The number of hydrogen-bond donors (Lipinski definition) is 2. The molecule has 3 N–H and O–H groups in total. The lowest BCUT2D eigenvalue weighted by molar-refractivity contribution is 0.318. The van der Waals surface area contributed by atoms with Crippen LogP contribution >= 0.6 is 0 Å². The first-order valence-electron chi connectivity index (χ1n) is 6.42. The average molecular weight is 286 g/mol. The molecule has 0 saturated carbocycles. The van der Waals surface area contributed by atoms with Crippen molar-refractivity contribution in [1.82, 2.24) is 4.98 Å². The van der Waals surface area contributed by atoms with Gasteiger partial charge in [0.15, 0.2) is 5.84 Å². The SMILES string of the molecule is COc1cccc(N(C)Cc2cccnc2C(N)=NO)c1. The molecule has 1 aromatic carbocycles. The molecule has 6 nitrogen and oxygen atoms in total. The Morgan fingerprint density at radius 3 is 2.90 bits per heavy atom. The average Bonchev–Trinajstić information content (AvgIpc) is 2.54. The van der Waals surface area contributed by atoms with Crippen LogP contribution < -0.4 is 15.4 Å². The maximum Gasteiger partial charge on any atom is 0.189 e. The van der Waals surface area contributed by atoms with Gasteiger partial charge in [0, 0.05) is 37.1 Å². The highest BCUT2D eigenvalue weighted by Gasteiger charge is 2.11. The second-order valence-electron chi connectivity index (χ2n) is 4.55. The number of pyridine rings is 1. The van der Waals surface area contributed by atoms with E-state index in [1.807, 2.05) is 48.3 Å². The van der Waals surface area contributed by atoms with Gasteiger partial charge in [0.1, 0.15) is 11.4 Å². The zero-order valence-corrected chi connectivity index (χ0v) is 12.0. The van der Waals surface area contributed by atoms with E-state index in [9.17, 15) is 0 Å². The number of methoxy groups -OCH3 is 1. The summed E-state index contributed by atoms with van der Waals surface area (Å²) >= 11 is 0. The van der Waals surface area contributed by atoms with Crippen molar-refractivity contribution in [3.05, 3.63) is 53.9 Å². The van der Waals surface area contributed by atoms with Gasteiger partial charge in [-0.1, -0.05) is 17.3 Å². The minimum atomic E-state index is 0.00430. The molecule has 0 bridgehead atoms. The summed E-state index contributed by atoms with van der Waals surface area (Å²) in [6.07, 6.45) is 1.61. The van der Waals surface area contributed by atoms with E-state index in [-0.39, 0.29) is 5.84 Å². The highest BCUT2D eigenvalue weighted by Crippen LogP contribution is 2.21. The van der Waals surface area contributed by atoms with E-state index < -0.39 is 0 Å². The van der Waals surface area contributed by atoms with Crippen LogP contribution in [-0.4, -0.2) is 30.2 Å². The molecule has 0 saturated heterocycles. The first-order chi connectivity index (χ1) is 10.2. The lowest BCUT2D eigenvalue weighted by Crippen LogP contribution is -2.22. The topological polar surface area (TPSA) is 84.0 Å². The second-order valence-corrected chi connectivity index (χ2v) is 4.55. The molecular formula is C15H18N4O2. The van der Waals surface area contributed by atoms with E-state index in [4.69, 9.17) is 15.7 Å². The number of benzene rings is 1. The fourth-order valence-corrected chi connectivity index (χ4v) is 2.04. The summed E-state index contributed by atoms with van der Waals surface area (Å²) in [7, 11) is 3.59. The molecule has 0 aliphatic rings. The number of anilines is 1. The van der Waals surface area contributed by atoms with Crippen molar-refractivity contribution in [2.24, 2.45) is 10.9 Å². The quantitative estimate of drug-likeness (QED) is 0.379. The summed E-state index contributed by atoms with van der Waals surface area (Å²) in [5, 5.41) is 11.8. The molecule has 21 heavy (non-hydrogen) atoms. The smallest absolute Gasteiger partial charge is 0.189 e. The molecule has 2 rings (SSSR count). The number of oxime groups is 1. The van der Waals surface area contributed by atoms with Gasteiger partial charge in [0.2, 0.25) is 0 Å². The number of rotatable bonds is 5. The molecule has 0 radical (unpaired) electrons. The van der Waals surface area contributed by atoms with Gasteiger partial charge in [-0.2, -0.15) is 0 Å². The van der Waals surface area contributed by atoms with Gasteiger partial charge in [-0.25, -0.2) is 0 Å². The van der Waals surface area contributed by atoms with Gasteiger partial charge in [-0.3, -0.25) is 4.98 Å². The Bertz CT molecular complexity index is 643. The van der Waals surface area contributed by atoms with Crippen LogP contribution in [0.4, 0.5) is 5.69 Å². The lowest BCUT2D eigenvalue weighted by atomic mass is 10.1. The van der Waals surface area contributed by atoms with Crippen molar-refractivity contribution in [3.63, 3.8) is 0 Å². The van der Waals surface area contributed by atoms with Crippen molar-refractivity contribution >= 4 is 11.5 Å². The normalized spacial score (nSPS) is 11.2. The molecule has 1 aromatic heterocycles. The molecular weight excluding hydrogens is 268 g/mol. The molecule has 1 heterocycles. The van der Waals surface area contributed by atoms with Crippen LogP contribution in [0.25, 0.3) is 0 Å². The van der Waals surface area contributed by atoms with Crippen LogP contribution in [0.3, 0.4) is 0 Å². The second kappa shape index (κ2) is 6.60. The molecule has 2 aromatic rings. The van der Waals surface area contributed by atoms with E-state index in [0.29, 0.717) is 12.2 Å². The Morgan fingerprint density at radius 2 is 2.19 bits per heavy atom. The Balaban J connectivity index is 2.25. The van der Waals surface area contributed by atoms with Crippen LogP contribution in [0.15, 0.2) is 47.8 Å². The first kappa shape index (κ1) is 14.6. The number of aromatic nitrogens is 1. The predicted octanol–water partition coefficient (Wildman–Crippen LogP) is 1.82. The third-order valence-corrected chi connectivity index (χ3v) is 3.14. The van der Waals surface area contributed by atoms with Crippen LogP contribution in [0.1, 0.15) is 11.3 Å². The van der Waals surface area contributed by atoms with Crippen LogP contribution in [0.5, 0.6) is 5.75 Å². The fraction of sp³-hybridized carbons (Fsp3) is 0.200. The molecule has 0 aliphatic heterocycles. The van der Waals surface area contributed by atoms with Gasteiger partial charge in [0.05, 0.1) is 7.11 Å². The summed E-state index contributed by atoms with van der Waals surface area (Å²) in [5.41, 5.74) is 8.01. The van der Waals surface area contributed by atoms with E-state index >= 15 is 0 Å². The van der Waals surface area contributed by atoms with Crippen molar-refractivity contribution in [2.45, 2.75) is 6.54 Å². The Hall–Kier alpha value is -2.76. The number of nitrogens with two attached hydrogens (primary N) is 1. The van der Waals surface area contributed by atoms with E-state index in [1.54, 1.807) is 13.3 Å². The largest absolute Gasteiger partial charge is 0.497 e. The van der Waals surface area contributed by atoms with Gasteiger partial charge in [-0.15, -0.1) is 0 Å². The monoisotopic (exact) mass is 286 g/mol. The summed E-state index contributed by atoms with van der Waals surface area (Å²) in [4.78, 5) is 6.20.